The lowest BCUT2D eigenvalue weighted by Gasteiger charge is -2.22. The molecule has 0 radical (unpaired) electrons. The Hall–Kier alpha value is -3.28. The first kappa shape index (κ1) is 18.1. The number of carbonyl (C=O) groups excluding carboxylic acids is 1. The van der Waals surface area contributed by atoms with Gasteiger partial charge in [0, 0.05) is 48.7 Å². The van der Waals surface area contributed by atoms with Crippen molar-refractivity contribution >= 4 is 11.7 Å². The fourth-order valence-corrected chi connectivity index (χ4v) is 3.69. The predicted molar refractivity (Wildman–Crippen MR) is 110 cm³/mol. The van der Waals surface area contributed by atoms with E-state index in [0.29, 0.717) is 19.0 Å². The first-order chi connectivity index (χ1) is 13.7. The molecule has 2 aromatic carbocycles. The summed E-state index contributed by atoms with van der Waals surface area (Å²) in [6, 6.07) is 16.2. The number of aromatic amines is 1. The lowest BCUT2D eigenvalue weighted by molar-refractivity contribution is 0.218. The average Bonchev–Trinajstić information content (AvgIpc) is 3.39. The van der Waals surface area contributed by atoms with Gasteiger partial charge in [0.1, 0.15) is 5.75 Å². The molecule has 1 aliphatic heterocycles. The number of H-pyrrole nitrogens is 1. The molecule has 1 fully saturated rings. The minimum absolute atomic E-state index is 0.0425. The van der Waals surface area contributed by atoms with Gasteiger partial charge in [-0.25, -0.2) is 4.79 Å². The Morgan fingerprint density at radius 3 is 2.71 bits per heavy atom. The lowest BCUT2D eigenvalue weighted by atomic mass is 10.0. The van der Waals surface area contributed by atoms with E-state index in [9.17, 15) is 4.79 Å². The van der Waals surface area contributed by atoms with E-state index < -0.39 is 0 Å². The van der Waals surface area contributed by atoms with Crippen LogP contribution in [0.15, 0.2) is 60.9 Å². The fourth-order valence-electron chi connectivity index (χ4n) is 3.69. The third-order valence-electron chi connectivity index (χ3n) is 5.26. The molecule has 1 N–H and O–H groups in total. The van der Waals surface area contributed by atoms with E-state index >= 15 is 0 Å². The highest BCUT2D eigenvalue weighted by molar-refractivity contribution is 5.95. The van der Waals surface area contributed by atoms with Crippen LogP contribution in [0.3, 0.4) is 0 Å². The van der Waals surface area contributed by atoms with E-state index in [0.717, 1.165) is 29.1 Å². The van der Waals surface area contributed by atoms with Crippen LogP contribution in [0.1, 0.15) is 18.4 Å². The second-order valence-corrected chi connectivity index (χ2v) is 7.06. The standard InChI is InChI=1S/C22H24N4O2/c1-16(17-6-4-3-5-7-17)15-25-10-11-26(22(25)27)19-8-9-20(21(12-19)28-2)18-13-23-24-14-18/h3-9,12-14,16H,10-11,15H2,1-2H3,(H,23,24). The monoisotopic (exact) mass is 376 g/mol. The van der Waals surface area contributed by atoms with Crippen LogP contribution in [-0.2, 0) is 0 Å². The molecule has 4 rings (SSSR count). The number of rotatable bonds is 6. The summed E-state index contributed by atoms with van der Waals surface area (Å²) in [5, 5.41) is 6.81. The zero-order chi connectivity index (χ0) is 19.5. The highest BCUT2D eigenvalue weighted by atomic mass is 16.5. The number of hydrogen-bond donors (Lipinski definition) is 1. The third kappa shape index (κ3) is 3.45. The van der Waals surface area contributed by atoms with Gasteiger partial charge in [-0.3, -0.25) is 10.00 Å². The molecule has 2 heterocycles. The number of nitrogens with one attached hydrogen (secondary N) is 1. The van der Waals surface area contributed by atoms with Gasteiger partial charge in [0.15, 0.2) is 0 Å². The van der Waals surface area contributed by atoms with Gasteiger partial charge in [-0.05, 0) is 23.6 Å². The van der Waals surface area contributed by atoms with Gasteiger partial charge in [-0.15, -0.1) is 0 Å². The minimum Gasteiger partial charge on any atom is -0.496 e. The molecule has 144 valence electrons. The van der Waals surface area contributed by atoms with Crippen molar-refractivity contribution in [3.63, 3.8) is 0 Å². The SMILES string of the molecule is COc1cc(N2CCN(CC(C)c3ccccc3)C2=O)ccc1-c1cn[nH]c1. The van der Waals surface area contributed by atoms with Gasteiger partial charge >= 0.3 is 6.03 Å². The highest BCUT2D eigenvalue weighted by Gasteiger charge is 2.31. The van der Waals surface area contributed by atoms with Crippen LogP contribution >= 0.6 is 0 Å². The van der Waals surface area contributed by atoms with Crippen LogP contribution in [0.25, 0.3) is 11.1 Å². The lowest BCUT2D eigenvalue weighted by Crippen LogP contribution is -2.34. The van der Waals surface area contributed by atoms with E-state index in [2.05, 4.69) is 29.3 Å². The zero-order valence-electron chi connectivity index (χ0n) is 16.1. The van der Waals surface area contributed by atoms with E-state index in [1.165, 1.54) is 5.56 Å². The van der Waals surface area contributed by atoms with Crippen LogP contribution in [-0.4, -0.2) is 47.9 Å². The molecule has 0 saturated carbocycles. The fraction of sp³-hybridized carbons (Fsp3) is 0.273. The smallest absolute Gasteiger partial charge is 0.324 e. The van der Waals surface area contributed by atoms with Gasteiger partial charge in [0.2, 0.25) is 0 Å². The van der Waals surface area contributed by atoms with Crippen molar-refractivity contribution < 1.29 is 9.53 Å². The summed E-state index contributed by atoms with van der Waals surface area (Å²) in [5.41, 5.74) is 4.00. The molecule has 6 nitrogen and oxygen atoms in total. The number of hydrogen-bond acceptors (Lipinski definition) is 3. The summed E-state index contributed by atoms with van der Waals surface area (Å²) < 4.78 is 5.56. The summed E-state index contributed by atoms with van der Waals surface area (Å²) in [7, 11) is 1.64. The molecule has 0 spiro atoms. The topological polar surface area (TPSA) is 61.5 Å². The Labute approximate surface area is 164 Å². The van der Waals surface area contributed by atoms with Crippen LogP contribution in [0, 0.1) is 0 Å². The van der Waals surface area contributed by atoms with Crippen molar-refractivity contribution in [3.8, 4) is 16.9 Å². The Morgan fingerprint density at radius 1 is 1.18 bits per heavy atom. The molecule has 3 aromatic rings. The quantitative estimate of drug-likeness (QED) is 0.704. The molecule has 1 aromatic heterocycles. The van der Waals surface area contributed by atoms with Crippen LogP contribution in [0.4, 0.5) is 10.5 Å². The summed E-state index contributed by atoms with van der Waals surface area (Å²) in [6.07, 6.45) is 3.58. The molecule has 28 heavy (non-hydrogen) atoms. The maximum absolute atomic E-state index is 13.0. The molecule has 1 atom stereocenters. The summed E-state index contributed by atoms with van der Waals surface area (Å²) in [4.78, 5) is 16.7. The highest BCUT2D eigenvalue weighted by Crippen LogP contribution is 2.34. The van der Waals surface area contributed by atoms with Gasteiger partial charge in [0.05, 0.1) is 13.3 Å². The van der Waals surface area contributed by atoms with Gasteiger partial charge in [0.25, 0.3) is 0 Å². The van der Waals surface area contributed by atoms with Gasteiger partial charge < -0.3 is 9.64 Å². The number of anilines is 1. The van der Waals surface area contributed by atoms with Crippen molar-refractivity contribution in [1.29, 1.82) is 0 Å². The average molecular weight is 376 g/mol. The van der Waals surface area contributed by atoms with E-state index in [4.69, 9.17) is 4.74 Å². The number of methoxy groups -OCH3 is 1. The molecular formula is C22H24N4O2. The number of nitrogens with zero attached hydrogens (tertiary/aromatic N) is 3. The van der Waals surface area contributed by atoms with Crippen molar-refractivity contribution in [2.45, 2.75) is 12.8 Å². The second-order valence-electron chi connectivity index (χ2n) is 7.06. The zero-order valence-corrected chi connectivity index (χ0v) is 16.1. The normalized spacial score (nSPS) is 15.1. The molecule has 6 heteroatoms. The summed E-state index contributed by atoms with van der Waals surface area (Å²) in [6.45, 7) is 4.27. The van der Waals surface area contributed by atoms with Crippen LogP contribution < -0.4 is 9.64 Å². The van der Waals surface area contributed by atoms with Crippen molar-refractivity contribution in [3.05, 3.63) is 66.5 Å². The van der Waals surface area contributed by atoms with Crippen molar-refractivity contribution in [2.75, 3.05) is 31.6 Å². The van der Waals surface area contributed by atoms with Crippen molar-refractivity contribution in [1.82, 2.24) is 15.1 Å². The van der Waals surface area contributed by atoms with E-state index in [1.54, 1.807) is 13.3 Å². The molecule has 1 saturated heterocycles. The second kappa shape index (κ2) is 7.76. The van der Waals surface area contributed by atoms with Gasteiger partial charge in [-0.2, -0.15) is 5.10 Å². The Bertz CT molecular complexity index is 940. The first-order valence-electron chi connectivity index (χ1n) is 9.46. The molecule has 0 bridgehead atoms. The van der Waals surface area contributed by atoms with Crippen LogP contribution in [0.5, 0.6) is 5.75 Å². The number of carbonyl (C=O) groups is 1. The summed E-state index contributed by atoms with van der Waals surface area (Å²) >= 11 is 0. The Balaban J connectivity index is 1.50. The number of urea groups is 1. The maximum Gasteiger partial charge on any atom is 0.324 e. The molecule has 1 unspecified atom stereocenters. The molecule has 2 amide bonds. The van der Waals surface area contributed by atoms with Crippen molar-refractivity contribution in [2.24, 2.45) is 0 Å². The third-order valence-corrected chi connectivity index (χ3v) is 5.26. The van der Waals surface area contributed by atoms with Gasteiger partial charge in [-0.1, -0.05) is 37.3 Å². The summed E-state index contributed by atoms with van der Waals surface area (Å²) in [5.74, 6) is 1.02. The largest absolute Gasteiger partial charge is 0.496 e. The number of benzene rings is 2. The minimum atomic E-state index is 0.0425. The number of ether oxygens (including phenoxy) is 1. The Morgan fingerprint density at radius 2 is 2.00 bits per heavy atom. The Kier molecular flexibility index (Phi) is 5.02. The molecule has 1 aliphatic rings. The molecular weight excluding hydrogens is 352 g/mol. The first-order valence-corrected chi connectivity index (χ1v) is 9.46. The van der Waals surface area contributed by atoms with E-state index in [-0.39, 0.29) is 6.03 Å². The number of aromatic nitrogens is 2. The number of amides is 2. The predicted octanol–water partition coefficient (Wildman–Crippen LogP) is 4.13. The van der Waals surface area contributed by atoms with Crippen LogP contribution in [0.2, 0.25) is 0 Å². The molecule has 0 aliphatic carbocycles. The maximum atomic E-state index is 13.0. The van der Waals surface area contributed by atoms with E-state index in [1.807, 2.05) is 52.4 Å².